The minimum atomic E-state index is -4.93. The zero-order valence-electron chi connectivity index (χ0n) is 31.6. The number of rotatable bonds is 15. The first-order valence-electron chi connectivity index (χ1n) is 16.5. The van der Waals surface area contributed by atoms with Crippen molar-refractivity contribution in [1.82, 2.24) is 24.8 Å². The molecule has 52 heavy (non-hydrogen) atoms. The normalized spacial score (nSPS) is 18.4. The minimum Gasteiger partial charge on any atom is -0.414 e. The number of carbonyl (C=O) groups is 1. The van der Waals surface area contributed by atoms with Gasteiger partial charge < -0.3 is 33.5 Å². The van der Waals surface area contributed by atoms with Gasteiger partial charge in [-0.05, 0) is 45.8 Å². The number of ether oxygens (including phenoxy) is 2. The van der Waals surface area contributed by atoms with E-state index in [9.17, 15) is 22.8 Å². The largest absolute Gasteiger partial charge is 0.471 e. The summed E-state index contributed by atoms with van der Waals surface area (Å²) in [7, 11) is 4.04. The van der Waals surface area contributed by atoms with Gasteiger partial charge >= 0.3 is 12.1 Å². The number of hydrogen-bond acceptors (Lipinski definition) is 11. The molecule has 0 aromatic carbocycles. The van der Waals surface area contributed by atoms with Gasteiger partial charge in [0.05, 0.1) is 29.6 Å². The van der Waals surface area contributed by atoms with Gasteiger partial charge in [-0.15, -0.1) is 0 Å². The standard InChI is InChI=1S/C33H50F3N7O6S2Si/c1-21(2)41-49-23-15-25(48-24(23)17-47-52(10,11)31(3,4)5)43-16-22(26-27(43)39-30(40-28(26)44)38-19-42(8)9)13-12-14-46-20-50-51-32(6,7)18-37-29(45)33(34,35)36/h16,19,23-25H,14-15,17-18,20H2,1-11H3,(H,37,45)(H,39,40,44)/b38-19-/t23?,24-,25-/m1/s1. The number of aromatic amines is 1. The first kappa shape index (κ1) is 43.4. The number of aliphatic imine (C=N–C) groups is 1. The Hall–Kier alpha value is -3.02. The lowest BCUT2D eigenvalue weighted by atomic mass is 10.2. The molecule has 1 saturated heterocycles. The average molecular weight is 790 g/mol. The molecular weight excluding hydrogens is 740 g/mol. The lowest BCUT2D eigenvalue weighted by molar-refractivity contribution is -0.173. The van der Waals surface area contributed by atoms with E-state index in [1.807, 2.05) is 19.2 Å². The molecule has 3 atom stereocenters. The van der Waals surface area contributed by atoms with Crippen molar-refractivity contribution in [3.63, 3.8) is 0 Å². The molecule has 3 heterocycles. The smallest absolute Gasteiger partial charge is 0.414 e. The van der Waals surface area contributed by atoms with Crippen LogP contribution in [0.5, 0.6) is 0 Å². The maximum absolute atomic E-state index is 13.4. The highest BCUT2D eigenvalue weighted by atomic mass is 33.1. The zero-order valence-corrected chi connectivity index (χ0v) is 34.2. The van der Waals surface area contributed by atoms with Crippen molar-refractivity contribution in [2.45, 2.75) is 102 Å². The minimum absolute atomic E-state index is 0.00525. The van der Waals surface area contributed by atoms with E-state index in [2.05, 4.69) is 65.8 Å². The van der Waals surface area contributed by atoms with E-state index in [1.165, 1.54) is 27.9 Å². The Bertz CT molecular complexity index is 1720. The van der Waals surface area contributed by atoms with E-state index in [4.69, 9.17) is 18.7 Å². The fraction of sp³-hybridized carbons (Fsp3) is 0.667. The molecule has 290 valence electrons. The highest BCUT2D eigenvalue weighted by molar-refractivity contribution is 8.77. The van der Waals surface area contributed by atoms with E-state index < -0.39 is 49.1 Å². The fourth-order valence-corrected chi connectivity index (χ4v) is 7.51. The molecule has 2 N–H and O–H groups in total. The van der Waals surface area contributed by atoms with Crippen LogP contribution in [0.4, 0.5) is 19.1 Å². The van der Waals surface area contributed by atoms with Crippen molar-refractivity contribution >= 4 is 64.8 Å². The Balaban J connectivity index is 1.83. The fourth-order valence-electron chi connectivity index (χ4n) is 4.37. The highest BCUT2D eigenvalue weighted by Gasteiger charge is 2.43. The number of amides is 1. The number of nitrogens with zero attached hydrogens (tertiary/aromatic N) is 5. The molecule has 0 bridgehead atoms. The predicted molar refractivity (Wildman–Crippen MR) is 204 cm³/mol. The number of oxime groups is 1. The molecule has 19 heteroatoms. The lowest BCUT2D eigenvalue weighted by Gasteiger charge is -2.37. The molecule has 2 aromatic heterocycles. The molecule has 0 saturated carbocycles. The second-order valence-electron chi connectivity index (χ2n) is 14.8. The van der Waals surface area contributed by atoms with E-state index >= 15 is 0 Å². The molecule has 3 rings (SSSR count). The van der Waals surface area contributed by atoms with Gasteiger partial charge in [0.1, 0.15) is 24.9 Å². The van der Waals surface area contributed by atoms with Crippen molar-refractivity contribution in [3.8, 4) is 11.8 Å². The van der Waals surface area contributed by atoms with Crippen molar-refractivity contribution in [3.05, 3.63) is 22.1 Å². The Kier molecular flexibility index (Phi) is 14.9. The second-order valence-corrected chi connectivity index (χ2v) is 22.5. The van der Waals surface area contributed by atoms with Crippen LogP contribution >= 0.6 is 21.6 Å². The van der Waals surface area contributed by atoms with Gasteiger partial charge in [0.25, 0.3) is 5.56 Å². The molecule has 1 unspecified atom stereocenters. The third-order valence-electron chi connectivity index (χ3n) is 8.10. The quantitative estimate of drug-likeness (QED) is 0.0313. The Morgan fingerprint density at radius 2 is 1.94 bits per heavy atom. The van der Waals surface area contributed by atoms with Crippen LogP contribution < -0.4 is 10.9 Å². The SMILES string of the molecule is CC(C)=NOC1C[C@H](n2cc(C#CCOCSSC(C)(C)CNC(=O)C(F)(F)F)c3c(=O)[nH]c(/N=C\N(C)C)nc32)O[C@@H]1CO[Si](C)(C)C(C)(C)C. The third-order valence-corrected chi connectivity index (χ3v) is 15.6. The van der Waals surface area contributed by atoms with Crippen LogP contribution in [0.2, 0.25) is 18.1 Å². The van der Waals surface area contributed by atoms with Crippen LogP contribution in [-0.2, 0) is 23.5 Å². The molecular formula is C33H50F3N7O6S2Si. The van der Waals surface area contributed by atoms with E-state index in [-0.39, 0.29) is 35.5 Å². The van der Waals surface area contributed by atoms with E-state index in [1.54, 1.807) is 43.6 Å². The summed E-state index contributed by atoms with van der Waals surface area (Å²) in [5.41, 5.74) is 1.06. The summed E-state index contributed by atoms with van der Waals surface area (Å²) in [5, 5.41) is 6.37. The summed E-state index contributed by atoms with van der Waals surface area (Å²) in [6, 6.07) is 0. The van der Waals surface area contributed by atoms with Crippen molar-refractivity contribution in [2.24, 2.45) is 10.1 Å². The van der Waals surface area contributed by atoms with Gasteiger partial charge in [0.2, 0.25) is 5.95 Å². The summed E-state index contributed by atoms with van der Waals surface area (Å²) < 4.78 is 57.3. The Morgan fingerprint density at radius 1 is 1.25 bits per heavy atom. The van der Waals surface area contributed by atoms with Gasteiger partial charge in [-0.2, -0.15) is 18.2 Å². The molecule has 0 aliphatic carbocycles. The molecule has 1 aliphatic heterocycles. The van der Waals surface area contributed by atoms with Gasteiger partial charge in [-0.3, -0.25) is 14.6 Å². The maximum atomic E-state index is 13.4. The molecule has 0 spiro atoms. The Labute approximate surface area is 311 Å². The van der Waals surface area contributed by atoms with Crippen LogP contribution in [0, 0.1) is 11.8 Å². The number of carbonyl (C=O) groups excluding carboxylic acids is 1. The average Bonchev–Trinajstić information content (AvgIpc) is 3.60. The topological polar surface area (TPSA) is 145 Å². The predicted octanol–water partition coefficient (Wildman–Crippen LogP) is 6.20. The molecule has 2 aromatic rings. The monoisotopic (exact) mass is 789 g/mol. The van der Waals surface area contributed by atoms with Crippen molar-refractivity contribution in [2.75, 3.05) is 39.8 Å². The number of hydrogen-bond donors (Lipinski definition) is 2. The molecule has 0 radical (unpaired) electrons. The Morgan fingerprint density at radius 3 is 2.56 bits per heavy atom. The van der Waals surface area contributed by atoms with Crippen molar-refractivity contribution in [1.29, 1.82) is 0 Å². The van der Waals surface area contributed by atoms with E-state index in [0.717, 1.165) is 5.71 Å². The van der Waals surface area contributed by atoms with Crippen LogP contribution in [0.3, 0.4) is 0 Å². The number of aromatic nitrogens is 3. The third kappa shape index (κ3) is 12.5. The number of alkyl halides is 3. The highest BCUT2D eigenvalue weighted by Crippen LogP contribution is 2.39. The van der Waals surface area contributed by atoms with Crippen LogP contribution in [0.15, 0.2) is 21.1 Å². The molecule has 1 amide bonds. The molecule has 1 aliphatic rings. The van der Waals surface area contributed by atoms with Crippen LogP contribution in [-0.4, -0.2) is 109 Å². The van der Waals surface area contributed by atoms with Crippen LogP contribution in [0.25, 0.3) is 11.0 Å². The lowest BCUT2D eigenvalue weighted by Crippen LogP contribution is -2.44. The van der Waals surface area contributed by atoms with Crippen LogP contribution in [0.1, 0.15) is 66.7 Å². The summed E-state index contributed by atoms with van der Waals surface area (Å²) in [5.74, 6) is 4.27. The maximum Gasteiger partial charge on any atom is 0.471 e. The van der Waals surface area contributed by atoms with Crippen molar-refractivity contribution < 1.29 is 36.7 Å². The number of halogens is 3. The molecule has 13 nitrogen and oxygen atoms in total. The molecule has 1 fully saturated rings. The summed E-state index contributed by atoms with van der Waals surface area (Å²) in [4.78, 5) is 43.9. The number of nitrogens with one attached hydrogen (secondary N) is 2. The second kappa shape index (κ2) is 17.9. The summed E-state index contributed by atoms with van der Waals surface area (Å²) >= 11 is 0. The summed E-state index contributed by atoms with van der Waals surface area (Å²) in [6.45, 7) is 18.1. The van der Waals surface area contributed by atoms with Gasteiger partial charge in [-0.1, -0.05) is 59.4 Å². The zero-order chi connectivity index (χ0) is 39.1. The first-order valence-corrected chi connectivity index (χ1v) is 21.8. The number of H-pyrrole nitrogens is 1. The van der Waals surface area contributed by atoms with Gasteiger partial charge in [0, 0.05) is 38.0 Å². The first-order chi connectivity index (χ1) is 24.0. The van der Waals surface area contributed by atoms with Gasteiger partial charge in [0.15, 0.2) is 20.1 Å². The van der Waals surface area contributed by atoms with Gasteiger partial charge in [-0.25, -0.2) is 4.99 Å². The number of fused-ring (bicyclic) bond motifs is 1. The summed E-state index contributed by atoms with van der Waals surface area (Å²) in [6.07, 6.45) is -2.75. The van der Waals surface area contributed by atoms with E-state index in [0.29, 0.717) is 24.2 Å².